The van der Waals surface area contributed by atoms with Gasteiger partial charge < -0.3 is 15.4 Å². The molecule has 1 aromatic rings. The summed E-state index contributed by atoms with van der Waals surface area (Å²) in [6, 6.07) is 2.74. The molecule has 1 amide bonds. The summed E-state index contributed by atoms with van der Waals surface area (Å²) >= 11 is 17.7. The molecule has 1 aliphatic rings. The number of nitrogens with one attached hydrogen (secondary N) is 2. The van der Waals surface area contributed by atoms with E-state index in [1.165, 1.54) is 12.1 Å². The van der Waals surface area contributed by atoms with Crippen LogP contribution in [0.4, 0.5) is 5.69 Å². The van der Waals surface area contributed by atoms with Crippen molar-refractivity contribution >= 4 is 46.4 Å². The van der Waals surface area contributed by atoms with E-state index in [4.69, 9.17) is 39.5 Å². The summed E-state index contributed by atoms with van der Waals surface area (Å²) in [5.41, 5.74) is 0.448. The molecular formula is C12H13Cl3N2O2. The third kappa shape index (κ3) is 3.52. The summed E-state index contributed by atoms with van der Waals surface area (Å²) in [5.74, 6) is -0.167. The molecule has 1 aromatic carbocycles. The highest BCUT2D eigenvalue weighted by Crippen LogP contribution is 2.32. The van der Waals surface area contributed by atoms with Gasteiger partial charge in [0.15, 0.2) is 0 Å². The molecule has 1 aliphatic heterocycles. The Morgan fingerprint density at radius 1 is 1.32 bits per heavy atom. The highest BCUT2D eigenvalue weighted by molar-refractivity contribution is 6.44. The first-order valence-electron chi connectivity index (χ1n) is 5.73. The number of rotatable bonds is 3. The molecule has 2 N–H and O–H groups in total. The maximum absolute atomic E-state index is 12.1. The van der Waals surface area contributed by atoms with Crippen LogP contribution >= 0.6 is 34.8 Å². The Kier molecular flexibility index (Phi) is 4.92. The quantitative estimate of drug-likeness (QED) is 0.841. The van der Waals surface area contributed by atoms with Gasteiger partial charge in [-0.2, -0.15) is 0 Å². The number of hydrogen-bond donors (Lipinski definition) is 2. The smallest absolute Gasteiger partial charge is 0.241 e. The predicted molar refractivity (Wildman–Crippen MR) is 77.3 cm³/mol. The number of methoxy groups -OCH3 is 1. The van der Waals surface area contributed by atoms with Gasteiger partial charge in [0.05, 0.1) is 32.9 Å². The largest absolute Gasteiger partial charge is 0.380 e. The summed E-state index contributed by atoms with van der Waals surface area (Å²) in [5, 5.41) is 6.86. The highest BCUT2D eigenvalue weighted by Gasteiger charge is 2.29. The Morgan fingerprint density at radius 2 is 2.00 bits per heavy atom. The van der Waals surface area contributed by atoms with Gasteiger partial charge in [-0.3, -0.25) is 4.79 Å². The van der Waals surface area contributed by atoms with Gasteiger partial charge in [-0.05, 0) is 18.6 Å². The topological polar surface area (TPSA) is 50.4 Å². The van der Waals surface area contributed by atoms with E-state index < -0.39 is 0 Å². The summed E-state index contributed by atoms with van der Waals surface area (Å²) in [4.78, 5) is 12.1. The van der Waals surface area contributed by atoms with Crippen molar-refractivity contribution in [1.82, 2.24) is 5.32 Å². The minimum Gasteiger partial charge on any atom is -0.380 e. The molecule has 0 bridgehead atoms. The molecule has 0 saturated carbocycles. The Balaban J connectivity index is 2.05. The van der Waals surface area contributed by atoms with E-state index in [9.17, 15) is 4.79 Å². The zero-order chi connectivity index (χ0) is 14.0. The van der Waals surface area contributed by atoms with Gasteiger partial charge in [0, 0.05) is 13.7 Å². The third-order valence-corrected chi connectivity index (χ3v) is 4.04. The van der Waals surface area contributed by atoms with Crippen LogP contribution in [-0.2, 0) is 9.53 Å². The number of halogens is 3. The van der Waals surface area contributed by atoms with Crippen LogP contribution in [-0.4, -0.2) is 31.7 Å². The summed E-state index contributed by atoms with van der Waals surface area (Å²) in [6.07, 6.45) is 0.682. The Bertz CT molecular complexity index is 496. The number of hydrogen-bond acceptors (Lipinski definition) is 3. The Hall–Kier alpha value is -0.520. The molecule has 1 fully saturated rings. The fourth-order valence-corrected chi connectivity index (χ4v) is 2.51. The van der Waals surface area contributed by atoms with Crippen molar-refractivity contribution in [2.24, 2.45) is 0 Å². The van der Waals surface area contributed by atoms with Crippen molar-refractivity contribution in [3.8, 4) is 0 Å². The van der Waals surface area contributed by atoms with E-state index in [1.807, 2.05) is 0 Å². The van der Waals surface area contributed by atoms with Crippen LogP contribution in [0, 0.1) is 0 Å². The molecule has 19 heavy (non-hydrogen) atoms. The van der Waals surface area contributed by atoms with Crippen LogP contribution in [0.3, 0.4) is 0 Å². The van der Waals surface area contributed by atoms with E-state index in [-0.39, 0.29) is 18.1 Å². The molecule has 1 saturated heterocycles. The number of amides is 1. The van der Waals surface area contributed by atoms with E-state index >= 15 is 0 Å². The second kappa shape index (κ2) is 6.29. The maximum atomic E-state index is 12.1. The second-order valence-electron chi connectivity index (χ2n) is 4.29. The van der Waals surface area contributed by atoms with E-state index in [0.29, 0.717) is 33.7 Å². The normalized spacial score (nSPS) is 22.5. The first kappa shape index (κ1) is 14.9. The fraction of sp³-hybridized carbons (Fsp3) is 0.417. The average molecular weight is 324 g/mol. The van der Waals surface area contributed by atoms with Crippen molar-refractivity contribution in [2.45, 2.75) is 18.6 Å². The molecule has 2 atom stereocenters. The molecule has 0 aromatic heterocycles. The number of benzene rings is 1. The third-order valence-electron chi connectivity index (χ3n) is 3.01. The molecule has 0 aliphatic carbocycles. The molecular weight excluding hydrogens is 311 g/mol. The number of ether oxygens (including phenoxy) is 1. The number of anilines is 1. The van der Waals surface area contributed by atoms with Crippen LogP contribution in [0.25, 0.3) is 0 Å². The molecule has 4 nitrogen and oxygen atoms in total. The molecule has 2 rings (SSSR count). The lowest BCUT2D eigenvalue weighted by Gasteiger charge is -2.13. The van der Waals surface area contributed by atoms with Gasteiger partial charge in [0.25, 0.3) is 0 Å². The zero-order valence-electron chi connectivity index (χ0n) is 10.2. The highest BCUT2D eigenvalue weighted by atomic mass is 35.5. The van der Waals surface area contributed by atoms with E-state index in [2.05, 4.69) is 10.6 Å². The van der Waals surface area contributed by atoms with Gasteiger partial charge in [-0.1, -0.05) is 34.8 Å². The first-order chi connectivity index (χ1) is 9.01. The monoisotopic (exact) mass is 322 g/mol. The van der Waals surface area contributed by atoms with E-state index in [0.717, 1.165) is 0 Å². The molecule has 104 valence electrons. The SMILES string of the molecule is COC1CNC(C(=O)Nc2cc(Cl)c(Cl)cc2Cl)C1. The van der Waals surface area contributed by atoms with Crippen molar-refractivity contribution in [3.63, 3.8) is 0 Å². The van der Waals surface area contributed by atoms with Crippen LogP contribution < -0.4 is 10.6 Å². The first-order valence-corrected chi connectivity index (χ1v) is 6.86. The van der Waals surface area contributed by atoms with Gasteiger partial charge in [-0.25, -0.2) is 0 Å². The summed E-state index contributed by atoms with van der Waals surface area (Å²) in [7, 11) is 1.63. The van der Waals surface area contributed by atoms with Crippen molar-refractivity contribution in [2.75, 3.05) is 19.0 Å². The van der Waals surface area contributed by atoms with Gasteiger partial charge in [0.2, 0.25) is 5.91 Å². The predicted octanol–water partition coefficient (Wildman–Crippen LogP) is 2.96. The zero-order valence-corrected chi connectivity index (χ0v) is 12.4. The minimum absolute atomic E-state index is 0.0556. The van der Waals surface area contributed by atoms with Gasteiger partial charge in [0.1, 0.15) is 0 Å². The van der Waals surface area contributed by atoms with Crippen LogP contribution in [0.2, 0.25) is 15.1 Å². The molecule has 0 spiro atoms. The lowest BCUT2D eigenvalue weighted by atomic mass is 10.2. The van der Waals surface area contributed by atoms with Crippen molar-refractivity contribution in [1.29, 1.82) is 0 Å². The van der Waals surface area contributed by atoms with Crippen LogP contribution in [0.1, 0.15) is 6.42 Å². The Labute approximate surface area is 126 Å². The number of carbonyl (C=O) groups excluding carboxylic acids is 1. The molecule has 2 unspecified atom stereocenters. The minimum atomic E-state index is -0.296. The van der Waals surface area contributed by atoms with Crippen LogP contribution in [0.15, 0.2) is 12.1 Å². The van der Waals surface area contributed by atoms with Crippen molar-refractivity contribution in [3.05, 3.63) is 27.2 Å². The van der Waals surface area contributed by atoms with Gasteiger partial charge in [-0.15, -0.1) is 0 Å². The fourth-order valence-electron chi connectivity index (χ4n) is 1.92. The second-order valence-corrected chi connectivity index (χ2v) is 5.51. The van der Waals surface area contributed by atoms with Crippen molar-refractivity contribution < 1.29 is 9.53 Å². The van der Waals surface area contributed by atoms with Gasteiger partial charge >= 0.3 is 0 Å². The lowest BCUT2D eigenvalue weighted by molar-refractivity contribution is -0.118. The van der Waals surface area contributed by atoms with Crippen LogP contribution in [0.5, 0.6) is 0 Å². The lowest BCUT2D eigenvalue weighted by Crippen LogP contribution is -2.35. The summed E-state index contributed by atoms with van der Waals surface area (Å²) < 4.78 is 5.19. The standard InChI is InChI=1S/C12H13Cl3N2O2/c1-19-6-2-11(16-5-6)12(18)17-10-4-8(14)7(13)3-9(10)15/h3-4,6,11,16H,2,5H2,1H3,(H,17,18). The Morgan fingerprint density at radius 3 is 2.63 bits per heavy atom. The summed E-state index contributed by atoms with van der Waals surface area (Å²) in [6.45, 7) is 0.656. The molecule has 1 heterocycles. The maximum Gasteiger partial charge on any atom is 0.241 e. The average Bonchev–Trinajstić information content (AvgIpc) is 2.84. The molecule has 0 radical (unpaired) electrons. The molecule has 7 heteroatoms. The van der Waals surface area contributed by atoms with E-state index in [1.54, 1.807) is 7.11 Å². The number of carbonyl (C=O) groups is 1.